The molecule has 1 saturated heterocycles. The van der Waals surface area contributed by atoms with Crippen molar-refractivity contribution in [1.29, 1.82) is 0 Å². The monoisotopic (exact) mass is 720 g/mol. The second-order valence-electron chi connectivity index (χ2n) is 14.8. The molecule has 1 aromatic heterocycles. The highest BCUT2D eigenvalue weighted by Crippen LogP contribution is 2.33. The molecule has 4 unspecified atom stereocenters. The summed E-state index contributed by atoms with van der Waals surface area (Å²) in [5.74, 6) is -2.13. The molecule has 2 aliphatic rings. The number of amides is 4. The molecule has 1 saturated carbocycles. The fraction of sp³-hybridized carbons (Fsp3) is 0.576. The zero-order valence-corrected chi connectivity index (χ0v) is 30.4. The molecule has 0 spiro atoms. The first-order chi connectivity index (χ1) is 22.6. The van der Waals surface area contributed by atoms with Gasteiger partial charge in [0.2, 0.25) is 27.7 Å². The molecule has 2 aromatic rings. The van der Waals surface area contributed by atoms with Crippen LogP contribution in [0, 0.1) is 5.41 Å². The Bertz CT molecular complexity index is 1740. The highest BCUT2D eigenvalue weighted by atomic mass is 35.5. The Kier molecular flexibility index (Phi) is 10.9. The number of sulfonamides is 1. The largest absolute Gasteiger partial charge is 0.471 e. The molecule has 0 radical (unpaired) electrons. The van der Waals surface area contributed by atoms with E-state index in [1.807, 2.05) is 0 Å². The summed E-state index contributed by atoms with van der Waals surface area (Å²) in [6.45, 7) is 15.3. The van der Waals surface area contributed by atoms with E-state index in [0.717, 1.165) is 0 Å². The van der Waals surface area contributed by atoms with Gasteiger partial charge in [0.15, 0.2) is 5.15 Å². The summed E-state index contributed by atoms with van der Waals surface area (Å²) in [5.41, 5.74) is -3.40. The predicted molar refractivity (Wildman–Crippen MR) is 183 cm³/mol. The molecule has 2 fully saturated rings. The molecule has 1 aliphatic carbocycles. The van der Waals surface area contributed by atoms with E-state index in [2.05, 4.69) is 32.1 Å². The fourth-order valence-corrected chi connectivity index (χ4v) is 7.06. The lowest BCUT2D eigenvalue weighted by molar-refractivity contribution is -0.143. The summed E-state index contributed by atoms with van der Waals surface area (Å²) >= 11 is 6.25. The Balaban J connectivity index is 1.67. The number of likely N-dealkylation sites (tertiary alicyclic amines) is 1. The van der Waals surface area contributed by atoms with Gasteiger partial charge in [0, 0.05) is 17.2 Å². The van der Waals surface area contributed by atoms with E-state index in [0.29, 0.717) is 23.6 Å². The Labute approximate surface area is 291 Å². The minimum absolute atomic E-state index is 0.0360. The van der Waals surface area contributed by atoms with E-state index in [4.69, 9.17) is 21.1 Å². The first-order valence-electron chi connectivity index (χ1n) is 16.0. The van der Waals surface area contributed by atoms with Crippen molar-refractivity contribution in [3.8, 4) is 5.88 Å². The number of halogens is 1. The lowest BCUT2D eigenvalue weighted by Crippen LogP contribution is -2.62. The first-order valence-corrected chi connectivity index (χ1v) is 17.9. The topological polar surface area (TPSA) is 186 Å². The van der Waals surface area contributed by atoms with Crippen LogP contribution in [0.25, 0.3) is 10.8 Å². The molecule has 14 nitrogen and oxygen atoms in total. The number of nitrogens with zero attached hydrogens (tertiary/aromatic N) is 3. The molecule has 4 rings (SSSR count). The maximum atomic E-state index is 14.4. The molecular weight excluding hydrogens is 676 g/mol. The molecular formula is C33H45ClN6O8S. The predicted octanol–water partition coefficient (Wildman–Crippen LogP) is 3.63. The number of hydrogen-bond acceptors (Lipinski definition) is 10. The van der Waals surface area contributed by atoms with Crippen molar-refractivity contribution in [1.82, 2.24) is 30.5 Å². The van der Waals surface area contributed by atoms with E-state index in [9.17, 15) is 27.6 Å². The number of rotatable bonds is 11. The number of nitrogens with one attached hydrogen (secondary N) is 3. The van der Waals surface area contributed by atoms with E-state index in [1.54, 1.807) is 65.8 Å². The van der Waals surface area contributed by atoms with E-state index in [-0.39, 0.29) is 30.4 Å². The average Bonchev–Trinajstić information content (AvgIpc) is 3.77. The molecule has 0 bridgehead atoms. The minimum atomic E-state index is -3.93. The summed E-state index contributed by atoms with van der Waals surface area (Å²) in [6, 6.07) is 4.73. The van der Waals surface area contributed by atoms with Crippen LogP contribution in [0.2, 0.25) is 5.15 Å². The number of fused-ring (bicyclic) bond motifs is 1. The third kappa shape index (κ3) is 9.18. The number of ether oxygens (including phenoxy) is 2. The van der Waals surface area contributed by atoms with E-state index >= 15 is 0 Å². The van der Waals surface area contributed by atoms with Crippen LogP contribution in [0.3, 0.4) is 0 Å². The molecule has 1 aromatic carbocycles. The summed E-state index contributed by atoms with van der Waals surface area (Å²) in [6.07, 6.45) is 0.520. The van der Waals surface area contributed by atoms with Gasteiger partial charge in [0.05, 0.1) is 11.8 Å². The van der Waals surface area contributed by atoms with Crippen LogP contribution >= 0.6 is 11.6 Å². The van der Waals surface area contributed by atoms with Crippen molar-refractivity contribution in [3.05, 3.63) is 42.1 Å². The van der Waals surface area contributed by atoms with Gasteiger partial charge < -0.3 is 25.0 Å². The third-order valence-corrected chi connectivity index (χ3v) is 10.3. The Morgan fingerprint density at radius 1 is 1.06 bits per heavy atom. The lowest BCUT2D eigenvalue weighted by atomic mass is 9.85. The van der Waals surface area contributed by atoms with Gasteiger partial charge in [0.25, 0.3) is 5.91 Å². The standard InChI is InChI=1S/C33H45ClN6O8S/c1-9-16-33(8,29(43)39-49(45,46)20-14-15-20)36-26(41)23-17-19(47-27-22-13-11-10-12-21(22)25(34)37-38-27)18-40(23)28(42)24(31(2,3)4)35-30(44)48-32(5,6)7/h9-13,19-20,23-24H,1,14-18H2,2-8H3,(H,35,44)(H,36,41)(H,39,43). The Morgan fingerprint density at radius 3 is 2.27 bits per heavy atom. The maximum Gasteiger partial charge on any atom is 0.408 e. The zero-order valence-electron chi connectivity index (χ0n) is 28.8. The zero-order chi connectivity index (χ0) is 36.5. The van der Waals surface area contributed by atoms with Crippen LogP contribution in [0.5, 0.6) is 5.88 Å². The minimum Gasteiger partial charge on any atom is -0.471 e. The van der Waals surface area contributed by atoms with Gasteiger partial charge in [-0.15, -0.1) is 16.8 Å². The molecule has 1 aliphatic heterocycles. The molecule has 16 heteroatoms. The van der Waals surface area contributed by atoms with Crippen LogP contribution in [0.1, 0.15) is 74.1 Å². The van der Waals surface area contributed by atoms with Crippen LogP contribution in [-0.2, 0) is 29.1 Å². The molecule has 2 heterocycles. The highest BCUT2D eigenvalue weighted by Gasteiger charge is 2.49. The van der Waals surface area contributed by atoms with Gasteiger partial charge in [-0.3, -0.25) is 19.1 Å². The van der Waals surface area contributed by atoms with Crippen LogP contribution in [0.15, 0.2) is 36.9 Å². The van der Waals surface area contributed by atoms with Crippen molar-refractivity contribution in [3.63, 3.8) is 0 Å². The van der Waals surface area contributed by atoms with E-state index in [1.165, 1.54) is 17.9 Å². The van der Waals surface area contributed by atoms with Crippen LogP contribution in [-0.4, -0.2) is 88.5 Å². The summed E-state index contributed by atoms with van der Waals surface area (Å²) in [7, 11) is -3.93. The number of aromatic nitrogens is 2. The lowest BCUT2D eigenvalue weighted by Gasteiger charge is -2.36. The number of hydrogen-bond donors (Lipinski definition) is 3. The molecule has 4 atom stereocenters. The summed E-state index contributed by atoms with van der Waals surface area (Å²) < 4.78 is 39.0. The smallest absolute Gasteiger partial charge is 0.408 e. The Morgan fingerprint density at radius 2 is 1.69 bits per heavy atom. The van der Waals surface area contributed by atoms with Crippen LogP contribution < -0.4 is 20.1 Å². The second kappa shape index (κ2) is 14.1. The Hall–Kier alpha value is -3.98. The van der Waals surface area contributed by atoms with Gasteiger partial charge in [-0.1, -0.05) is 56.6 Å². The van der Waals surface area contributed by atoms with Gasteiger partial charge in [-0.25, -0.2) is 13.2 Å². The fourth-order valence-electron chi connectivity index (χ4n) is 5.45. The number of benzene rings is 1. The van der Waals surface area contributed by atoms with E-state index < -0.39 is 73.8 Å². The van der Waals surface area contributed by atoms with Crippen molar-refractivity contribution in [2.45, 2.75) is 109 Å². The van der Waals surface area contributed by atoms with Gasteiger partial charge in [-0.2, -0.15) is 0 Å². The number of carbonyl (C=O) groups is 4. The summed E-state index contributed by atoms with van der Waals surface area (Å²) in [4.78, 5) is 56.0. The highest BCUT2D eigenvalue weighted by molar-refractivity contribution is 7.91. The molecule has 268 valence electrons. The van der Waals surface area contributed by atoms with Gasteiger partial charge >= 0.3 is 6.09 Å². The number of carbonyl (C=O) groups excluding carboxylic acids is 4. The third-order valence-electron chi connectivity index (χ3n) is 8.16. The number of alkyl carbamates (subject to hydrolysis) is 1. The van der Waals surface area contributed by atoms with Crippen molar-refractivity contribution < 1.29 is 37.1 Å². The molecule has 4 amide bonds. The van der Waals surface area contributed by atoms with Crippen molar-refractivity contribution in [2.75, 3.05) is 6.54 Å². The normalized spacial score (nSPS) is 20.1. The van der Waals surface area contributed by atoms with Crippen LogP contribution in [0.4, 0.5) is 4.79 Å². The quantitative estimate of drug-likeness (QED) is 0.290. The van der Waals surface area contributed by atoms with Crippen molar-refractivity contribution in [2.24, 2.45) is 5.41 Å². The second-order valence-corrected chi connectivity index (χ2v) is 17.1. The average molecular weight is 721 g/mol. The molecule has 49 heavy (non-hydrogen) atoms. The first kappa shape index (κ1) is 37.8. The molecule has 3 N–H and O–H groups in total. The van der Waals surface area contributed by atoms with Crippen molar-refractivity contribution >= 4 is 56.2 Å². The SMILES string of the molecule is C=CCC(C)(NC(=O)C1CC(Oc2nnc(Cl)c3ccccc23)CN1C(=O)C(NC(=O)OC(C)(C)C)C(C)(C)C)C(=O)NS(=O)(=O)C1CC1. The maximum absolute atomic E-state index is 14.4. The van der Waals surface area contributed by atoms with Gasteiger partial charge in [-0.05, 0) is 58.4 Å². The summed E-state index contributed by atoms with van der Waals surface area (Å²) in [5, 5.41) is 14.1. The van der Waals surface area contributed by atoms with Gasteiger partial charge in [0.1, 0.15) is 29.3 Å².